The van der Waals surface area contributed by atoms with E-state index in [4.69, 9.17) is 0 Å². The summed E-state index contributed by atoms with van der Waals surface area (Å²) in [6, 6.07) is 20.3. The van der Waals surface area contributed by atoms with E-state index < -0.39 is 0 Å². The van der Waals surface area contributed by atoms with Crippen molar-refractivity contribution in [1.82, 2.24) is 15.3 Å². The zero-order valence-electron chi connectivity index (χ0n) is 16.3. The van der Waals surface area contributed by atoms with Gasteiger partial charge in [-0.05, 0) is 54.3 Å². The molecule has 0 saturated heterocycles. The highest BCUT2D eigenvalue weighted by molar-refractivity contribution is 5.94. The molecule has 3 N–H and O–H groups in total. The van der Waals surface area contributed by atoms with Crippen LogP contribution in [0.2, 0.25) is 0 Å². The number of aliphatic hydroxyl groups excluding tert-OH is 1. The SMILES string of the molecule is O=C(N[C@@H](CO)Cc1c[nH]c2ccccc12)c1cccc(C#Cc2ccccn2)c1. The van der Waals surface area contributed by atoms with Gasteiger partial charge in [0.2, 0.25) is 0 Å². The van der Waals surface area contributed by atoms with E-state index in [1.807, 2.05) is 54.7 Å². The average Bonchev–Trinajstić information content (AvgIpc) is 3.21. The molecule has 30 heavy (non-hydrogen) atoms. The van der Waals surface area contributed by atoms with Crippen molar-refractivity contribution in [2.24, 2.45) is 0 Å². The lowest BCUT2D eigenvalue weighted by molar-refractivity contribution is 0.0916. The number of hydrogen-bond acceptors (Lipinski definition) is 3. The first-order valence-electron chi connectivity index (χ1n) is 9.73. The minimum Gasteiger partial charge on any atom is -0.394 e. The Hall–Kier alpha value is -3.88. The maximum absolute atomic E-state index is 12.7. The van der Waals surface area contributed by atoms with Crippen LogP contribution < -0.4 is 5.32 Å². The summed E-state index contributed by atoms with van der Waals surface area (Å²) < 4.78 is 0. The van der Waals surface area contributed by atoms with Crippen LogP contribution in [0.3, 0.4) is 0 Å². The van der Waals surface area contributed by atoms with Crippen LogP contribution in [-0.2, 0) is 6.42 Å². The van der Waals surface area contributed by atoms with Gasteiger partial charge in [0.1, 0.15) is 5.69 Å². The fourth-order valence-corrected chi connectivity index (χ4v) is 3.31. The Bertz CT molecular complexity index is 1220. The normalized spacial score (nSPS) is 11.5. The molecule has 4 rings (SSSR count). The second-order valence-electron chi connectivity index (χ2n) is 6.96. The monoisotopic (exact) mass is 395 g/mol. The van der Waals surface area contributed by atoms with Gasteiger partial charge in [0.25, 0.3) is 5.91 Å². The van der Waals surface area contributed by atoms with E-state index in [9.17, 15) is 9.90 Å². The molecular formula is C25H21N3O2. The number of nitrogens with one attached hydrogen (secondary N) is 2. The Balaban J connectivity index is 1.46. The number of fused-ring (bicyclic) bond motifs is 1. The molecule has 0 unspecified atom stereocenters. The third kappa shape index (κ3) is 4.57. The van der Waals surface area contributed by atoms with Crippen molar-refractivity contribution >= 4 is 16.8 Å². The van der Waals surface area contributed by atoms with E-state index in [0.717, 1.165) is 22.0 Å². The molecule has 5 nitrogen and oxygen atoms in total. The van der Waals surface area contributed by atoms with Crippen molar-refractivity contribution in [2.45, 2.75) is 12.5 Å². The first-order chi connectivity index (χ1) is 14.7. The predicted octanol–water partition coefficient (Wildman–Crippen LogP) is 3.30. The molecule has 0 spiro atoms. The molecular weight excluding hydrogens is 374 g/mol. The lowest BCUT2D eigenvalue weighted by atomic mass is 10.0. The zero-order valence-corrected chi connectivity index (χ0v) is 16.3. The second kappa shape index (κ2) is 9.08. The summed E-state index contributed by atoms with van der Waals surface area (Å²) in [5.41, 5.74) is 3.99. The van der Waals surface area contributed by atoms with Crippen LogP contribution in [0.15, 0.2) is 79.1 Å². The van der Waals surface area contributed by atoms with Crippen LogP contribution in [-0.4, -0.2) is 33.6 Å². The number of aliphatic hydroxyl groups is 1. The van der Waals surface area contributed by atoms with Gasteiger partial charge in [0.05, 0.1) is 12.6 Å². The van der Waals surface area contributed by atoms with Gasteiger partial charge in [-0.1, -0.05) is 36.3 Å². The second-order valence-corrected chi connectivity index (χ2v) is 6.96. The highest BCUT2D eigenvalue weighted by atomic mass is 16.3. The molecule has 2 aromatic carbocycles. The number of aromatic nitrogens is 2. The van der Waals surface area contributed by atoms with Crippen LogP contribution in [0, 0.1) is 11.8 Å². The molecule has 0 aliphatic heterocycles. The first kappa shape index (κ1) is 19.4. The zero-order chi connectivity index (χ0) is 20.8. The van der Waals surface area contributed by atoms with E-state index in [0.29, 0.717) is 17.7 Å². The van der Waals surface area contributed by atoms with Gasteiger partial charge in [-0.2, -0.15) is 0 Å². The Morgan fingerprint density at radius 2 is 1.93 bits per heavy atom. The number of carbonyl (C=O) groups excluding carboxylic acids is 1. The number of H-pyrrole nitrogens is 1. The maximum Gasteiger partial charge on any atom is 0.251 e. The molecule has 1 amide bonds. The molecule has 0 radical (unpaired) electrons. The summed E-state index contributed by atoms with van der Waals surface area (Å²) in [4.78, 5) is 20.1. The maximum atomic E-state index is 12.7. The van der Waals surface area contributed by atoms with Gasteiger partial charge < -0.3 is 15.4 Å². The Labute approximate surface area is 174 Å². The smallest absolute Gasteiger partial charge is 0.251 e. The third-order valence-corrected chi connectivity index (χ3v) is 4.82. The molecule has 2 heterocycles. The minimum atomic E-state index is -0.389. The van der Waals surface area contributed by atoms with Crippen LogP contribution in [0.4, 0.5) is 0 Å². The molecule has 0 aliphatic rings. The Morgan fingerprint density at radius 1 is 1.07 bits per heavy atom. The van der Waals surface area contributed by atoms with Crippen LogP contribution in [0.25, 0.3) is 10.9 Å². The van der Waals surface area contributed by atoms with Gasteiger partial charge in [-0.25, -0.2) is 4.98 Å². The highest BCUT2D eigenvalue weighted by Crippen LogP contribution is 2.19. The molecule has 148 valence electrons. The van der Waals surface area contributed by atoms with Crippen molar-refractivity contribution in [3.8, 4) is 11.8 Å². The van der Waals surface area contributed by atoms with Crippen LogP contribution >= 0.6 is 0 Å². The Kier molecular flexibility index (Phi) is 5.88. The fourth-order valence-electron chi connectivity index (χ4n) is 3.31. The van der Waals surface area contributed by atoms with E-state index in [2.05, 4.69) is 27.1 Å². The van der Waals surface area contributed by atoms with E-state index in [1.54, 1.807) is 24.4 Å². The summed E-state index contributed by atoms with van der Waals surface area (Å²) in [7, 11) is 0. The van der Waals surface area contributed by atoms with Crippen molar-refractivity contribution in [2.75, 3.05) is 6.61 Å². The number of amides is 1. The van der Waals surface area contributed by atoms with Crippen LogP contribution in [0.1, 0.15) is 27.2 Å². The molecule has 0 bridgehead atoms. The molecule has 1 atom stereocenters. The number of benzene rings is 2. The summed E-state index contributed by atoms with van der Waals surface area (Å²) in [5, 5.41) is 13.8. The third-order valence-electron chi connectivity index (χ3n) is 4.82. The van der Waals surface area contributed by atoms with Gasteiger partial charge in [0.15, 0.2) is 0 Å². The van der Waals surface area contributed by atoms with Gasteiger partial charge in [-0.3, -0.25) is 4.79 Å². The first-order valence-corrected chi connectivity index (χ1v) is 9.73. The number of aromatic amines is 1. The summed E-state index contributed by atoms with van der Waals surface area (Å²) in [6.45, 7) is -0.148. The fraction of sp³-hybridized carbons (Fsp3) is 0.120. The molecule has 4 aromatic rings. The van der Waals surface area contributed by atoms with E-state index >= 15 is 0 Å². The summed E-state index contributed by atoms with van der Waals surface area (Å²) in [6.07, 6.45) is 4.15. The number of rotatable bonds is 5. The molecule has 2 aromatic heterocycles. The topological polar surface area (TPSA) is 78.0 Å². The molecule has 0 aliphatic carbocycles. The van der Waals surface area contributed by atoms with Gasteiger partial charge in [-0.15, -0.1) is 0 Å². The average molecular weight is 395 g/mol. The quantitative estimate of drug-likeness (QED) is 0.454. The lowest BCUT2D eigenvalue weighted by Crippen LogP contribution is -2.39. The van der Waals surface area contributed by atoms with Crippen molar-refractivity contribution in [3.63, 3.8) is 0 Å². The highest BCUT2D eigenvalue weighted by Gasteiger charge is 2.16. The lowest BCUT2D eigenvalue weighted by Gasteiger charge is -2.16. The number of para-hydroxylation sites is 1. The summed E-state index contributed by atoms with van der Waals surface area (Å²) >= 11 is 0. The van der Waals surface area contributed by atoms with E-state index in [1.165, 1.54) is 0 Å². The number of hydrogen-bond donors (Lipinski definition) is 3. The number of pyridine rings is 1. The summed E-state index contributed by atoms with van der Waals surface area (Å²) in [5.74, 6) is 5.78. The van der Waals surface area contributed by atoms with Crippen molar-refractivity contribution in [3.05, 3.63) is 102 Å². The molecule has 0 fully saturated rings. The van der Waals surface area contributed by atoms with Gasteiger partial charge >= 0.3 is 0 Å². The molecule has 0 saturated carbocycles. The molecule has 5 heteroatoms. The van der Waals surface area contributed by atoms with E-state index in [-0.39, 0.29) is 18.6 Å². The number of nitrogens with zero attached hydrogens (tertiary/aromatic N) is 1. The van der Waals surface area contributed by atoms with Crippen molar-refractivity contribution in [1.29, 1.82) is 0 Å². The standard InChI is InChI=1S/C25H21N3O2/c29-17-22(15-20-16-27-24-10-2-1-9-23(20)24)28-25(30)19-7-5-6-18(14-19)11-12-21-8-3-4-13-26-21/h1-10,13-14,16,22,27,29H,15,17H2,(H,28,30)/t22-/m1/s1. The minimum absolute atomic E-state index is 0.148. The van der Waals surface area contributed by atoms with Crippen molar-refractivity contribution < 1.29 is 9.90 Å². The predicted molar refractivity (Wildman–Crippen MR) is 117 cm³/mol. The largest absolute Gasteiger partial charge is 0.394 e. The van der Waals surface area contributed by atoms with Gasteiger partial charge in [0, 0.05) is 34.4 Å². The van der Waals surface area contributed by atoms with Crippen LogP contribution in [0.5, 0.6) is 0 Å². The number of carbonyl (C=O) groups is 1. The Morgan fingerprint density at radius 3 is 2.77 bits per heavy atom.